The van der Waals surface area contributed by atoms with Gasteiger partial charge in [0, 0.05) is 16.6 Å². The molecule has 9 nitrogen and oxygen atoms in total. The van der Waals surface area contributed by atoms with E-state index >= 15 is 0 Å². The van der Waals surface area contributed by atoms with Crippen LogP contribution in [0.3, 0.4) is 0 Å². The molecule has 0 unspecified atom stereocenters. The predicted molar refractivity (Wildman–Crippen MR) is 119 cm³/mol. The second-order valence-corrected chi connectivity index (χ2v) is 9.14. The molecule has 164 valence electrons. The van der Waals surface area contributed by atoms with Crippen molar-refractivity contribution in [1.82, 2.24) is 19.6 Å². The van der Waals surface area contributed by atoms with E-state index in [1.54, 1.807) is 11.3 Å². The standard InChI is InChI=1S/C20H23N5O4S2/c1-3-11-9-14(26)22-19-23-24-20(25(11)19)30-10-15(27)21-17-16(18(28)29-4-2)12-7-5-6-8-13(12)31-17/h9H,3-8,10H2,1-2H3,(H,21,27)(H,22,23,26). The molecule has 0 saturated heterocycles. The first-order valence-electron chi connectivity index (χ1n) is 10.2. The molecule has 1 aliphatic carbocycles. The van der Waals surface area contributed by atoms with Crippen LogP contribution in [0.25, 0.3) is 5.78 Å². The number of ether oxygens (including phenoxy) is 1. The normalized spacial score (nSPS) is 13.2. The minimum absolute atomic E-state index is 0.0912. The fraction of sp³-hybridized carbons (Fsp3) is 0.450. The lowest BCUT2D eigenvalue weighted by Gasteiger charge is -2.12. The smallest absolute Gasteiger partial charge is 0.341 e. The molecule has 0 radical (unpaired) electrons. The Bertz CT molecular complexity index is 1200. The topological polar surface area (TPSA) is 118 Å². The summed E-state index contributed by atoms with van der Waals surface area (Å²) >= 11 is 2.69. The molecule has 0 saturated carbocycles. The van der Waals surface area contributed by atoms with E-state index in [4.69, 9.17) is 4.74 Å². The maximum Gasteiger partial charge on any atom is 0.341 e. The Morgan fingerprint density at radius 1 is 1.29 bits per heavy atom. The van der Waals surface area contributed by atoms with Gasteiger partial charge in [-0.1, -0.05) is 18.7 Å². The van der Waals surface area contributed by atoms with Gasteiger partial charge in [0.05, 0.1) is 17.9 Å². The Kier molecular flexibility index (Phi) is 6.42. The van der Waals surface area contributed by atoms with Crippen LogP contribution in [0.15, 0.2) is 16.0 Å². The van der Waals surface area contributed by atoms with E-state index in [1.807, 2.05) is 6.92 Å². The van der Waals surface area contributed by atoms with E-state index < -0.39 is 0 Å². The predicted octanol–water partition coefficient (Wildman–Crippen LogP) is 2.83. The van der Waals surface area contributed by atoms with Gasteiger partial charge in [0.25, 0.3) is 5.56 Å². The van der Waals surface area contributed by atoms with Crippen LogP contribution in [-0.2, 0) is 28.8 Å². The number of thiophene rings is 1. The zero-order valence-corrected chi connectivity index (χ0v) is 19.0. The Labute approximate surface area is 186 Å². The molecule has 2 N–H and O–H groups in total. The van der Waals surface area contributed by atoms with E-state index in [1.165, 1.54) is 29.2 Å². The molecule has 1 aliphatic rings. The third-order valence-corrected chi connectivity index (χ3v) is 7.19. The van der Waals surface area contributed by atoms with Crippen molar-refractivity contribution in [2.24, 2.45) is 0 Å². The molecule has 0 bridgehead atoms. The van der Waals surface area contributed by atoms with Crippen LogP contribution in [0.1, 0.15) is 53.2 Å². The summed E-state index contributed by atoms with van der Waals surface area (Å²) in [5.74, 6) is -0.186. The molecular weight excluding hydrogens is 438 g/mol. The molecule has 3 aromatic heterocycles. The fourth-order valence-corrected chi connectivity index (χ4v) is 5.75. The molecule has 3 aromatic rings. The van der Waals surface area contributed by atoms with Crippen LogP contribution in [0.2, 0.25) is 0 Å². The fourth-order valence-electron chi connectivity index (χ4n) is 3.69. The van der Waals surface area contributed by atoms with Crippen molar-refractivity contribution >= 4 is 45.8 Å². The van der Waals surface area contributed by atoms with Crippen LogP contribution in [0.5, 0.6) is 0 Å². The number of aromatic nitrogens is 4. The maximum atomic E-state index is 12.7. The highest BCUT2D eigenvalue weighted by molar-refractivity contribution is 7.99. The number of amides is 1. The first kappa shape index (κ1) is 21.6. The van der Waals surface area contributed by atoms with Crippen molar-refractivity contribution in [3.8, 4) is 0 Å². The molecular formula is C20H23N5O4S2. The summed E-state index contributed by atoms with van der Waals surface area (Å²) in [6.45, 7) is 3.99. The first-order valence-corrected chi connectivity index (χ1v) is 12.0. The van der Waals surface area contributed by atoms with Crippen molar-refractivity contribution in [3.63, 3.8) is 0 Å². The molecule has 0 fully saturated rings. The number of aromatic amines is 1. The number of nitrogens with zero attached hydrogens (tertiary/aromatic N) is 3. The highest BCUT2D eigenvalue weighted by Crippen LogP contribution is 2.38. The van der Waals surface area contributed by atoms with E-state index in [0.29, 0.717) is 27.9 Å². The maximum absolute atomic E-state index is 12.7. The van der Waals surface area contributed by atoms with E-state index in [2.05, 4.69) is 20.5 Å². The number of hydrogen-bond acceptors (Lipinski definition) is 8. The summed E-state index contributed by atoms with van der Waals surface area (Å²) in [5, 5.41) is 12.1. The number of carbonyl (C=O) groups excluding carboxylic acids is 2. The molecule has 0 spiro atoms. The van der Waals surface area contributed by atoms with Gasteiger partial charge in [0.15, 0.2) is 5.16 Å². The summed E-state index contributed by atoms with van der Waals surface area (Å²) in [7, 11) is 0. The average Bonchev–Trinajstić information content (AvgIpc) is 3.32. The summed E-state index contributed by atoms with van der Waals surface area (Å²) in [6, 6.07) is 1.50. The van der Waals surface area contributed by atoms with E-state index in [9.17, 15) is 14.4 Å². The van der Waals surface area contributed by atoms with Gasteiger partial charge in [-0.15, -0.1) is 21.5 Å². The van der Waals surface area contributed by atoms with Crippen LogP contribution < -0.4 is 10.9 Å². The number of esters is 1. The molecule has 0 atom stereocenters. The highest BCUT2D eigenvalue weighted by Gasteiger charge is 2.27. The quantitative estimate of drug-likeness (QED) is 0.410. The third-order valence-electron chi connectivity index (χ3n) is 5.05. The monoisotopic (exact) mass is 461 g/mol. The summed E-state index contributed by atoms with van der Waals surface area (Å²) in [6.07, 6.45) is 4.49. The van der Waals surface area contributed by atoms with Gasteiger partial charge in [-0.25, -0.2) is 4.79 Å². The number of carbonyl (C=O) groups is 2. The van der Waals surface area contributed by atoms with Crippen molar-refractivity contribution in [3.05, 3.63) is 38.1 Å². The Balaban J connectivity index is 1.52. The minimum Gasteiger partial charge on any atom is -0.462 e. The van der Waals surface area contributed by atoms with Gasteiger partial charge in [-0.3, -0.25) is 19.0 Å². The van der Waals surface area contributed by atoms with Crippen LogP contribution in [-0.4, -0.2) is 43.8 Å². The van der Waals surface area contributed by atoms with Gasteiger partial charge in [0.2, 0.25) is 11.7 Å². The van der Waals surface area contributed by atoms with Crippen molar-refractivity contribution in [2.75, 3.05) is 17.7 Å². The van der Waals surface area contributed by atoms with Gasteiger partial charge in [-0.05, 0) is 44.6 Å². The number of rotatable bonds is 7. The molecule has 0 aliphatic heterocycles. The van der Waals surface area contributed by atoms with Crippen LogP contribution in [0.4, 0.5) is 5.00 Å². The molecule has 1 amide bonds. The number of nitrogens with one attached hydrogen (secondary N) is 2. The molecule has 0 aromatic carbocycles. The highest BCUT2D eigenvalue weighted by atomic mass is 32.2. The largest absolute Gasteiger partial charge is 0.462 e. The van der Waals surface area contributed by atoms with Crippen molar-refractivity contribution < 1.29 is 14.3 Å². The van der Waals surface area contributed by atoms with Gasteiger partial charge in [-0.2, -0.15) is 0 Å². The summed E-state index contributed by atoms with van der Waals surface area (Å²) in [4.78, 5) is 40.8. The lowest BCUT2D eigenvalue weighted by molar-refractivity contribution is -0.113. The van der Waals surface area contributed by atoms with E-state index in [0.717, 1.165) is 41.8 Å². The lowest BCUT2D eigenvalue weighted by atomic mass is 9.95. The van der Waals surface area contributed by atoms with Crippen LogP contribution in [0, 0.1) is 0 Å². The SMILES string of the molecule is CCOC(=O)c1c(NC(=O)CSc2nnc3[nH]c(=O)cc(CC)n23)sc2c1CCCC2. The number of anilines is 1. The van der Waals surface area contributed by atoms with Crippen molar-refractivity contribution in [2.45, 2.75) is 51.1 Å². The molecule has 31 heavy (non-hydrogen) atoms. The second kappa shape index (κ2) is 9.23. The summed E-state index contributed by atoms with van der Waals surface area (Å²) < 4.78 is 6.98. The second-order valence-electron chi connectivity index (χ2n) is 7.09. The Morgan fingerprint density at radius 2 is 2.10 bits per heavy atom. The third kappa shape index (κ3) is 4.38. The number of thioether (sulfide) groups is 1. The van der Waals surface area contributed by atoms with Gasteiger partial charge < -0.3 is 10.1 Å². The summed E-state index contributed by atoms with van der Waals surface area (Å²) in [5.41, 5.74) is 2.04. The van der Waals surface area contributed by atoms with Gasteiger partial charge in [0.1, 0.15) is 5.00 Å². The minimum atomic E-state index is -0.384. The lowest BCUT2D eigenvalue weighted by Crippen LogP contribution is -2.17. The van der Waals surface area contributed by atoms with E-state index in [-0.39, 0.29) is 29.8 Å². The molecule has 11 heteroatoms. The molecule has 4 rings (SSSR count). The Morgan fingerprint density at radius 3 is 2.87 bits per heavy atom. The number of aryl methyl sites for hydroxylation is 2. The van der Waals surface area contributed by atoms with Crippen molar-refractivity contribution in [1.29, 1.82) is 0 Å². The number of hydrogen-bond donors (Lipinski definition) is 2. The number of H-pyrrole nitrogens is 1. The zero-order chi connectivity index (χ0) is 22.0. The Hall–Kier alpha value is -2.66. The average molecular weight is 462 g/mol. The molecule has 3 heterocycles. The first-order chi connectivity index (χ1) is 15.0. The van der Waals surface area contributed by atoms with Crippen LogP contribution >= 0.6 is 23.1 Å². The zero-order valence-electron chi connectivity index (χ0n) is 17.3. The van der Waals surface area contributed by atoms with Gasteiger partial charge >= 0.3 is 5.97 Å². The number of fused-ring (bicyclic) bond motifs is 2.